The second-order valence-corrected chi connectivity index (χ2v) is 6.56. The van der Waals surface area contributed by atoms with Crippen molar-refractivity contribution in [3.05, 3.63) is 71.8 Å². The third kappa shape index (κ3) is 3.80. The first-order valence-electron chi connectivity index (χ1n) is 8.84. The number of fused-ring (bicyclic) bond motifs is 1. The predicted octanol–water partition coefficient (Wildman–Crippen LogP) is 3.48. The highest BCUT2D eigenvalue weighted by atomic mass is 16.1. The van der Waals surface area contributed by atoms with Crippen LogP contribution in [0.5, 0.6) is 0 Å². The Hall–Kier alpha value is -3.81. The van der Waals surface area contributed by atoms with E-state index in [4.69, 9.17) is 0 Å². The van der Waals surface area contributed by atoms with Crippen molar-refractivity contribution in [1.82, 2.24) is 25.1 Å². The Labute approximate surface area is 161 Å². The van der Waals surface area contributed by atoms with Gasteiger partial charge in [0.1, 0.15) is 11.3 Å². The van der Waals surface area contributed by atoms with E-state index >= 15 is 0 Å². The number of aryl methyl sites for hydroxylation is 1. The zero-order valence-corrected chi connectivity index (χ0v) is 15.5. The molecule has 3 aromatic heterocycles. The summed E-state index contributed by atoms with van der Waals surface area (Å²) in [6.45, 7) is 3.92. The number of carbonyl (C=O) groups is 1. The van der Waals surface area contributed by atoms with Crippen molar-refractivity contribution in [3.63, 3.8) is 0 Å². The van der Waals surface area contributed by atoms with Crippen LogP contribution in [0.15, 0.2) is 55.1 Å². The molecule has 0 radical (unpaired) electrons. The number of aromatic nitrogens is 5. The van der Waals surface area contributed by atoms with Gasteiger partial charge in [0.25, 0.3) is 5.91 Å². The lowest BCUT2D eigenvalue weighted by Gasteiger charge is -2.16. The van der Waals surface area contributed by atoms with Gasteiger partial charge in [0.05, 0.1) is 24.0 Å². The highest BCUT2D eigenvalue weighted by Gasteiger charge is 2.11. The number of pyridine rings is 1. The zero-order valence-electron chi connectivity index (χ0n) is 15.5. The van der Waals surface area contributed by atoms with Crippen LogP contribution >= 0.6 is 0 Å². The summed E-state index contributed by atoms with van der Waals surface area (Å²) in [4.78, 5) is 25.3. The fourth-order valence-corrected chi connectivity index (χ4v) is 2.87. The van der Waals surface area contributed by atoms with Gasteiger partial charge in [0.2, 0.25) is 0 Å². The van der Waals surface area contributed by atoms with E-state index in [1.807, 2.05) is 38.1 Å². The van der Waals surface area contributed by atoms with E-state index in [-0.39, 0.29) is 11.9 Å². The highest BCUT2D eigenvalue weighted by molar-refractivity contribution is 6.04. The Morgan fingerprint density at radius 3 is 2.89 bits per heavy atom. The molecular weight excluding hydrogens is 354 g/mol. The monoisotopic (exact) mass is 373 g/mol. The maximum Gasteiger partial charge on any atom is 0.257 e. The van der Waals surface area contributed by atoms with Gasteiger partial charge in [-0.05, 0) is 43.2 Å². The highest BCUT2D eigenvalue weighted by Crippen LogP contribution is 2.22. The van der Waals surface area contributed by atoms with Crippen LogP contribution in [-0.2, 0) is 0 Å². The minimum absolute atomic E-state index is 0.0350. The zero-order chi connectivity index (χ0) is 19.5. The first-order valence-corrected chi connectivity index (χ1v) is 8.84. The number of anilines is 2. The van der Waals surface area contributed by atoms with Crippen LogP contribution in [-0.4, -0.2) is 31.1 Å². The van der Waals surface area contributed by atoms with Crippen LogP contribution in [0.3, 0.4) is 0 Å². The normalized spacial score (nSPS) is 11.9. The molecule has 140 valence electrons. The molecule has 1 aromatic carbocycles. The SMILES string of the molecule is Cc1cncc(C(=O)Nc2cccc([C@H](C)Nc3cnc4cn[nH]c4n3)c2)c1. The Morgan fingerprint density at radius 2 is 2.04 bits per heavy atom. The van der Waals surface area contributed by atoms with Gasteiger partial charge in [-0.2, -0.15) is 5.10 Å². The lowest BCUT2D eigenvalue weighted by molar-refractivity contribution is 0.102. The molecule has 1 amide bonds. The summed E-state index contributed by atoms with van der Waals surface area (Å²) in [6, 6.07) is 9.45. The first kappa shape index (κ1) is 17.6. The number of rotatable bonds is 5. The number of hydrogen-bond acceptors (Lipinski definition) is 6. The van der Waals surface area contributed by atoms with E-state index in [1.165, 1.54) is 0 Å². The number of nitrogens with one attached hydrogen (secondary N) is 3. The molecule has 0 spiro atoms. The Morgan fingerprint density at radius 1 is 1.14 bits per heavy atom. The van der Waals surface area contributed by atoms with E-state index in [1.54, 1.807) is 30.9 Å². The van der Waals surface area contributed by atoms with E-state index in [0.29, 0.717) is 28.2 Å². The second-order valence-electron chi connectivity index (χ2n) is 6.56. The van der Waals surface area contributed by atoms with Gasteiger partial charge >= 0.3 is 0 Å². The maximum atomic E-state index is 12.4. The molecule has 0 aliphatic rings. The van der Waals surface area contributed by atoms with Crippen molar-refractivity contribution in [3.8, 4) is 0 Å². The summed E-state index contributed by atoms with van der Waals surface area (Å²) in [5.74, 6) is 0.453. The fourth-order valence-electron chi connectivity index (χ4n) is 2.87. The van der Waals surface area contributed by atoms with Crippen LogP contribution in [0.25, 0.3) is 11.2 Å². The average molecular weight is 373 g/mol. The van der Waals surface area contributed by atoms with Crippen molar-refractivity contribution in [1.29, 1.82) is 0 Å². The van der Waals surface area contributed by atoms with Gasteiger partial charge in [-0.25, -0.2) is 9.97 Å². The summed E-state index contributed by atoms with van der Waals surface area (Å²) < 4.78 is 0. The predicted molar refractivity (Wildman–Crippen MR) is 107 cm³/mol. The summed E-state index contributed by atoms with van der Waals surface area (Å²) in [5.41, 5.74) is 4.53. The summed E-state index contributed by atoms with van der Waals surface area (Å²) in [6.07, 6.45) is 6.57. The molecule has 0 fully saturated rings. The molecule has 0 saturated carbocycles. The molecule has 4 aromatic rings. The number of aromatic amines is 1. The maximum absolute atomic E-state index is 12.4. The Kier molecular flexibility index (Phi) is 4.67. The smallest absolute Gasteiger partial charge is 0.257 e. The number of H-pyrrole nitrogens is 1. The Bertz CT molecular complexity index is 1140. The number of nitrogens with zero attached hydrogens (tertiary/aromatic N) is 4. The van der Waals surface area contributed by atoms with Crippen LogP contribution in [0.4, 0.5) is 11.5 Å². The quantitative estimate of drug-likeness (QED) is 0.494. The van der Waals surface area contributed by atoms with Crippen LogP contribution < -0.4 is 10.6 Å². The first-order chi connectivity index (χ1) is 13.6. The lowest BCUT2D eigenvalue weighted by atomic mass is 10.1. The van der Waals surface area contributed by atoms with Gasteiger partial charge in [0.15, 0.2) is 5.65 Å². The molecule has 28 heavy (non-hydrogen) atoms. The molecule has 0 aliphatic carbocycles. The summed E-state index contributed by atoms with van der Waals surface area (Å²) in [5, 5.41) is 13.0. The molecule has 8 nitrogen and oxygen atoms in total. The van der Waals surface area contributed by atoms with Crippen LogP contribution in [0.1, 0.15) is 34.5 Å². The molecule has 0 unspecified atom stereocenters. The molecule has 1 atom stereocenters. The average Bonchev–Trinajstić information content (AvgIpc) is 3.16. The van der Waals surface area contributed by atoms with E-state index in [2.05, 4.69) is 35.8 Å². The molecular formula is C20H19N7O. The molecule has 8 heteroatoms. The summed E-state index contributed by atoms with van der Waals surface area (Å²) >= 11 is 0. The van der Waals surface area contributed by atoms with E-state index in [9.17, 15) is 4.79 Å². The van der Waals surface area contributed by atoms with Gasteiger partial charge in [-0.1, -0.05) is 12.1 Å². The minimum atomic E-state index is -0.190. The number of carbonyl (C=O) groups excluding carboxylic acids is 1. The van der Waals surface area contributed by atoms with Crippen molar-refractivity contribution < 1.29 is 4.79 Å². The van der Waals surface area contributed by atoms with Crippen LogP contribution in [0, 0.1) is 6.92 Å². The van der Waals surface area contributed by atoms with E-state index in [0.717, 1.165) is 11.1 Å². The standard InChI is InChI=1S/C20H19N7O/c1-12-6-15(9-21-8-12)20(28)25-16-5-3-4-14(7-16)13(2)24-18-11-22-17-10-23-27-19(17)26-18/h3-11,13H,1-2H3,(H,25,28)(H2,23,24,26,27)/t13-/m0/s1. The second kappa shape index (κ2) is 7.43. The number of hydrogen-bond donors (Lipinski definition) is 3. The number of amides is 1. The van der Waals surface area contributed by atoms with Crippen molar-refractivity contribution in [2.75, 3.05) is 10.6 Å². The molecule has 4 rings (SSSR count). The molecule has 0 bridgehead atoms. The Balaban J connectivity index is 1.48. The molecule has 3 heterocycles. The van der Waals surface area contributed by atoms with Crippen LogP contribution in [0.2, 0.25) is 0 Å². The lowest BCUT2D eigenvalue weighted by Crippen LogP contribution is -2.13. The van der Waals surface area contributed by atoms with Gasteiger partial charge in [-0.3, -0.25) is 14.9 Å². The molecule has 0 saturated heterocycles. The summed E-state index contributed by atoms with van der Waals surface area (Å²) in [7, 11) is 0. The molecule has 3 N–H and O–H groups in total. The van der Waals surface area contributed by atoms with Gasteiger partial charge in [0, 0.05) is 18.1 Å². The third-order valence-electron chi connectivity index (χ3n) is 4.30. The molecule has 0 aliphatic heterocycles. The minimum Gasteiger partial charge on any atom is -0.362 e. The third-order valence-corrected chi connectivity index (χ3v) is 4.30. The van der Waals surface area contributed by atoms with Crippen molar-refractivity contribution in [2.45, 2.75) is 19.9 Å². The fraction of sp³-hybridized carbons (Fsp3) is 0.150. The largest absolute Gasteiger partial charge is 0.362 e. The van der Waals surface area contributed by atoms with Gasteiger partial charge in [-0.15, -0.1) is 0 Å². The topological polar surface area (TPSA) is 108 Å². The number of benzene rings is 1. The van der Waals surface area contributed by atoms with Crippen molar-refractivity contribution in [2.24, 2.45) is 0 Å². The van der Waals surface area contributed by atoms with Crippen molar-refractivity contribution >= 4 is 28.6 Å². The van der Waals surface area contributed by atoms with Gasteiger partial charge < -0.3 is 10.6 Å². The van der Waals surface area contributed by atoms with E-state index < -0.39 is 0 Å².